The van der Waals surface area contributed by atoms with E-state index in [1.807, 2.05) is 18.2 Å². The van der Waals surface area contributed by atoms with Crippen LogP contribution in [0.15, 0.2) is 77.9 Å². The van der Waals surface area contributed by atoms with Crippen molar-refractivity contribution in [3.05, 3.63) is 84.5 Å². The molecule has 1 atom stereocenters. The van der Waals surface area contributed by atoms with E-state index in [-0.39, 0.29) is 27.9 Å². The number of esters is 1. The highest BCUT2D eigenvalue weighted by Gasteiger charge is 2.23. The van der Waals surface area contributed by atoms with Crippen LogP contribution < -0.4 is 15.0 Å². The van der Waals surface area contributed by atoms with Gasteiger partial charge in [0.15, 0.2) is 23.4 Å². The highest BCUT2D eigenvalue weighted by Crippen LogP contribution is 2.43. The third-order valence-electron chi connectivity index (χ3n) is 6.05. The maximum atomic E-state index is 13.6. The Labute approximate surface area is 255 Å². The zero-order chi connectivity index (χ0) is 29.3. The van der Waals surface area contributed by atoms with Crippen LogP contribution in [0.1, 0.15) is 19.4 Å². The van der Waals surface area contributed by atoms with Crippen LogP contribution in [0.25, 0.3) is 33.5 Å². The lowest BCUT2D eigenvalue weighted by Gasteiger charge is -2.18. The molecule has 0 unspecified atom stereocenters. The van der Waals surface area contributed by atoms with E-state index in [1.54, 1.807) is 50.2 Å². The second kappa shape index (κ2) is 12.1. The molecule has 9 nitrogen and oxygen atoms in total. The highest BCUT2D eigenvalue weighted by atomic mass is 79.9. The van der Waals surface area contributed by atoms with Crippen LogP contribution in [0.3, 0.4) is 0 Å². The monoisotopic (exact) mass is 701 g/mol. The number of carbonyl (C=O) groups excluding carboxylic acids is 1. The van der Waals surface area contributed by atoms with E-state index in [0.717, 1.165) is 9.86 Å². The van der Waals surface area contributed by atoms with E-state index in [0.29, 0.717) is 38.9 Å². The molecular formula is C29H22Br2ClN3O6. The number of methoxy groups -OCH3 is 1. The van der Waals surface area contributed by atoms with Crippen molar-refractivity contribution in [1.82, 2.24) is 9.66 Å². The Kier molecular flexibility index (Phi) is 8.48. The largest absolute Gasteiger partial charge is 0.490 e. The van der Waals surface area contributed by atoms with Crippen LogP contribution in [0.2, 0.25) is 5.02 Å². The Hall–Kier alpha value is -3.67. The molecule has 0 spiro atoms. The van der Waals surface area contributed by atoms with Crippen LogP contribution in [0.4, 0.5) is 0 Å². The first-order valence-electron chi connectivity index (χ1n) is 12.4. The van der Waals surface area contributed by atoms with Crippen molar-refractivity contribution < 1.29 is 23.4 Å². The van der Waals surface area contributed by atoms with E-state index < -0.39 is 12.1 Å². The summed E-state index contributed by atoms with van der Waals surface area (Å²) in [6.45, 7) is 3.64. The van der Waals surface area contributed by atoms with Crippen LogP contribution in [0.5, 0.6) is 11.5 Å². The molecule has 0 radical (unpaired) electrons. The van der Waals surface area contributed by atoms with Gasteiger partial charge in [0.25, 0.3) is 5.56 Å². The van der Waals surface area contributed by atoms with E-state index in [9.17, 15) is 9.59 Å². The zero-order valence-electron chi connectivity index (χ0n) is 22.0. The molecule has 0 amide bonds. The number of ether oxygens (including phenoxy) is 3. The summed E-state index contributed by atoms with van der Waals surface area (Å²) < 4.78 is 24.8. The lowest BCUT2D eigenvalue weighted by molar-refractivity contribution is -0.147. The van der Waals surface area contributed by atoms with Gasteiger partial charge in [-0.25, -0.2) is 9.78 Å². The summed E-state index contributed by atoms with van der Waals surface area (Å²) in [6.07, 6.45) is 0.518. The number of hydrogen-bond donors (Lipinski definition) is 0. The summed E-state index contributed by atoms with van der Waals surface area (Å²) in [7, 11) is 1.27. The molecule has 12 heteroatoms. The number of para-hydroxylation sites is 1. The average molecular weight is 704 g/mol. The Balaban J connectivity index is 1.65. The molecular weight excluding hydrogens is 682 g/mol. The van der Waals surface area contributed by atoms with Gasteiger partial charge in [0.2, 0.25) is 5.82 Å². The number of aromatic nitrogens is 2. The van der Waals surface area contributed by atoms with Gasteiger partial charge in [-0.05, 0) is 72.2 Å². The van der Waals surface area contributed by atoms with Gasteiger partial charge in [0, 0.05) is 19.9 Å². The fraction of sp³-hybridized carbons (Fsp3) is 0.172. The third kappa shape index (κ3) is 5.74. The maximum absolute atomic E-state index is 13.6. The fourth-order valence-corrected chi connectivity index (χ4v) is 5.12. The summed E-state index contributed by atoms with van der Waals surface area (Å²) in [6, 6.07) is 16.1. The molecule has 2 aromatic heterocycles. The van der Waals surface area contributed by atoms with Crippen LogP contribution in [0, 0.1) is 0 Å². The number of furan rings is 1. The summed E-state index contributed by atoms with van der Waals surface area (Å²) in [5.74, 6) is 0.458. The molecule has 41 heavy (non-hydrogen) atoms. The molecule has 2 heterocycles. The highest BCUT2D eigenvalue weighted by molar-refractivity contribution is 9.10. The lowest BCUT2D eigenvalue weighted by Crippen LogP contribution is -2.25. The van der Waals surface area contributed by atoms with Gasteiger partial charge >= 0.3 is 5.97 Å². The number of fused-ring (bicyclic) bond motifs is 2. The van der Waals surface area contributed by atoms with Crippen molar-refractivity contribution in [2.24, 2.45) is 5.10 Å². The number of nitrogens with zero attached hydrogens (tertiary/aromatic N) is 3. The Morgan fingerprint density at radius 1 is 1.20 bits per heavy atom. The number of halogens is 3. The topological polar surface area (TPSA) is 105 Å². The minimum absolute atomic E-state index is 0.153. The van der Waals surface area contributed by atoms with Gasteiger partial charge in [-0.2, -0.15) is 9.78 Å². The minimum Gasteiger partial charge on any atom is -0.490 e. The van der Waals surface area contributed by atoms with Crippen molar-refractivity contribution in [3.63, 3.8) is 0 Å². The molecule has 3 aromatic carbocycles. The zero-order valence-corrected chi connectivity index (χ0v) is 25.9. The molecule has 0 N–H and O–H groups in total. The Morgan fingerprint density at radius 2 is 1.98 bits per heavy atom. The van der Waals surface area contributed by atoms with Gasteiger partial charge in [-0.15, -0.1) is 0 Å². The predicted molar refractivity (Wildman–Crippen MR) is 164 cm³/mol. The van der Waals surface area contributed by atoms with Crippen molar-refractivity contribution in [3.8, 4) is 23.1 Å². The fourth-order valence-electron chi connectivity index (χ4n) is 4.10. The number of carbonyl (C=O) groups is 1. The molecule has 0 fully saturated rings. The molecule has 0 saturated carbocycles. The van der Waals surface area contributed by atoms with Gasteiger partial charge in [-0.1, -0.05) is 39.7 Å². The summed E-state index contributed by atoms with van der Waals surface area (Å²) in [5.41, 5.74) is 1.23. The summed E-state index contributed by atoms with van der Waals surface area (Å²) in [4.78, 5) is 30.3. The predicted octanol–water partition coefficient (Wildman–Crippen LogP) is 7.21. The summed E-state index contributed by atoms with van der Waals surface area (Å²) >= 11 is 13.6. The minimum atomic E-state index is -0.933. The molecule has 0 aliphatic carbocycles. The molecule has 210 valence electrons. The maximum Gasteiger partial charge on any atom is 0.346 e. The third-order valence-corrected chi connectivity index (χ3v) is 7.98. The van der Waals surface area contributed by atoms with E-state index >= 15 is 0 Å². The van der Waals surface area contributed by atoms with Crippen LogP contribution in [-0.4, -0.2) is 41.7 Å². The van der Waals surface area contributed by atoms with E-state index in [2.05, 4.69) is 37.0 Å². The van der Waals surface area contributed by atoms with Crippen molar-refractivity contribution in [1.29, 1.82) is 0 Å². The Bertz CT molecular complexity index is 1880. The lowest BCUT2D eigenvalue weighted by atomic mass is 10.2. The van der Waals surface area contributed by atoms with E-state index in [1.165, 1.54) is 18.0 Å². The first-order chi connectivity index (χ1) is 19.7. The Morgan fingerprint density at radius 3 is 2.73 bits per heavy atom. The van der Waals surface area contributed by atoms with Gasteiger partial charge < -0.3 is 18.6 Å². The molecule has 5 rings (SSSR count). The standard InChI is InChI=1S/C29H22Br2ClN3O6/c1-4-39-22-13-17(24(31)25(32)26(22)40-15(2)29(37)38-3)14-33-35-27(34-20-8-6-5-7-19(20)28(35)36)23-12-16-11-18(30)9-10-21(16)41-23/h5-15H,4H2,1-3H3/t15-/m0/s1. The van der Waals surface area contributed by atoms with E-state index in [4.69, 9.17) is 35.2 Å². The number of rotatable bonds is 8. The first-order valence-corrected chi connectivity index (χ1v) is 14.3. The second-order valence-electron chi connectivity index (χ2n) is 8.74. The van der Waals surface area contributed by atoms with Crippen LogP contribution in [-0.2, 0) is 9.53 Å². The quantitative estimate of drug-likeness (QED) is 0.124. The molecule has 0 aliphatic rings. The molecule has 0 saturated heterocycles. The average Bonchev–Trinajstić information content (AvgIpc) is 3.39. The van der Waals surface area contributed by atoms with Gasteiger partial charge in [0.1, 0.15) is 10.6 Å². The van der Waals surface area contributed by atoms with Crippen molar-refractivity contribution in [2.45, 2.75) is 20.0 Å². The second-order valence-corrected chi connectivity index (χ2v) is 10.8. The normalized spacial score (nSPS) is 12.2. The van der Waals surface area contributed by atoms with Crippen LogP contribution >= 0.6 is 43.5 Å². The number of hydrogen-bond acceptors (Lipinski definition) is 8. The molecule has 0 bridgehead atoms. The van der Waals surface area contributed by atoms with Crippen molar-refractivity contribution >= 4 is 77.5 Å². The first kappa shape index (κ1) is 28.8. The van der Waals surface area contributed by atoms with Gasteiger partial charge in [0.05, 0.1) is 30.8 Å². The molecule has 0 aliphatic heterocycles. The summed E-state index contributed by atoms with van der Waals surface area (Å²) in [5, 5.41) is 5.89. The SMILES string of the molecule is CCOc1cc(C=Nn2c(-c3cc4cc(Br)ccc4o3)nc3ccccc3c2=O)c(Br)c(Cl)c1O[C@@H](C)C(=O)OC. The van der Waals surface area contributed by atoms with Gasteiger partial charge in [-0.3, -0.25) is 4.79 Å². The van der Waals surface area contributed by atoms with Crippen molar-refractivity contribution in [2.75, 3.05) is 13.7 Å². The number of benzene rings is 3. The smallest absolute Gasteiger partial charge is 0.346 e. The molecule has 5 aromatic rings.